The molecule has 0 spiro atoms. The molecule has 0 atom stereocenters. The highest BCUT2D eigenvalue weighted by Crippen LogP contribution is 2.47. The van der Waals surface area contributed by atoms with Crippen LogP contribution in [0.15, 0.2) is 29.2 Å². The predicted molar refractivity (Wildman–Crippen MR) is 70.1 cm³/mol. The molecule has 90 valence electrons. The van der Waals surface area contributed by atoms with Crippen molar-refractivity contribution in [1.82, 2.24) is 0 Å². The fraction of sp³-hybridized carbons (Fsp3) is 0.500. The molecule has 0 unspecified atom stereocenters. The maximum absolute atomic E-state index is 9.35. The second-order valence-electron chi connectivity index (χ2n) is 5.04. The molecular weight excluding hydrogens is 230 g/mol. The summed E-state index contributed by atoms with van der Waals surface area (Å²) >= 11 is 1.73. The van der Waals surface area contributed by atoms with Crippen molar-refractivity contribution in [3.8, 4) is 6.07 Å². The van der Waals surface area contributed by atoms with E-state index in [1.54, 1.807) is 11.8 Å². The highest BCUT2D eigenvalue weighted by molar-refractivity contribution is 7.98. The van der Waals surface area contributed by atoms with Crippen LogP contribution in [0.4, 0.5) is 0 Å². The average Bonchev–Trinajstić information content (AvgIpc) is 2.28. The van der Waals surface area contributed by atoms with Gasteiger partial charge in [0.15, 0.2) is 0 Å². The van der Waals surface area contributed by atoms with Gasteiger partial charge >= 0.3 is 0 Å². The standard InChI is InChI=1S/C14H17NOS/c1-13(2,8-15)14(9-16-10-14)11-4-6-12(17-3)7-5-11/h4-7H,9-10H2,1-3H3. The van der Waals surface area contributed by atoms with E-state index >= 15 is 0 Å². The van der Waals surface area contributed by atoms with Crippen molar-refractivity contribution in [3.05, 3.63) is 29.8 Å². The van der Waals surface area contributed by atoms with Gasteiger partial charge in [-0.3, -0.25) is 0 Å². The molecule has 1 aromatic rings. The quantitative estimate of drug-likeness (QED) is 0.769. The van der Waals surface area contributed by atoms with Crippen LogP contribution < -0.4 is 0 Å². The van der Waals surface area contributed by atoms with Crippen molar-refractivity contribution in [1.29, 1.82) is 5.26 Å². The van der Waals surface area contributed by atoms with Gasteiger partial charge < -0.3 is 4.74 Å². The molecule has 0 aliphatic carbocycles. The summed E-state index contributed by atoms with van der Waals surface area (Å²) in [6.07, 6.45) is 2.07. The fourth-order valence-electron chi connectivity index (χ4n) is 2.21. The Balaban J connectivity index is 2.39. The summed E-state index contributed by atoms with van der Waals surface area (Å²) in [6, 6.07) is 10.9. The van der Waals surface area contributed by atoms with E-state index in [-0.39, 0.29) is 5.41 Å². The second kappa shape index (κ2) is 4.36. The Hall–Kier alpha value is -0.980. The van der Waals surface area contributed by atoms with Crippen LogP contribution in [0.25, 0.3) is 0 Å². The fourth-order valence-corrected chi connectivity index (χ4v) is 2.62. The van der Waals surface area contributed by atoms with Crippen molar-refractivity contribution >= 4 is 11.8 Å². The third kappa shape index (κ3) is 1.86. The van der Waals surface area contributed by atoms with Crippen LogP contribution in [-0.4, -0.2) is 19.5 Å². The lowest BCUT2D eigenvalue weighted by molar-refractivity contribution is -0.102. The monoisotopic (exact) mass is 247 g/mol. The predicted octanol–water partition coefficient (Wildman–Crippen LogP) is 3.23. The van der Waals surface area contributed by atoms with Crippen LogP contribution in [0.2, 0.25) is 0 Å². The van der Waals surface area contributed by atoms with Crippen LogP contribution in [0, 0.1) is 16.7 Å². The Bertz CT molecular complexity index is 440. The van der Waals surface area contributed by atoms with E-state index in [2.05, 4.69) is 36.6 Å². The minimum Gasteiger partial charge on any atom is -0.379 e. The molecule has 1 heterocycles. The Morgan fingerprint density at radius 1 is 1.29 bits per heavy atom. The highest BCUT2D eigenvalue weighted by Gasteiger charge is 2.52. The van der Waals surface area contributed by atoms with E-state index in [9.17, 15) is 5.26 Å². The molecule has 0 bridgehead atoms. The van der Waals surface area contributed by atoms with Gasteiger partial charge in [-0.2, -0.15) is 5.26 Å². The summed E-state index contributed by atoms with van der Waals surface area (Å²) in [5, 5.41) is 9.35. The van der Waals surface area contributed by atoms with Gasteiger partial charge in [0, 0.05) is 4.90 Å². The largest absolute Gasteiger partial charge is 0.379 e. The molecule has 0 N–H and O–H groups in total. The third-order valence-electron chi connectivity index (χ3n) is 3.82. The topological polar surface area (TPSA) is 33.0 Å². The third-order valence-corrected chi connectivity index (χ3v) is 4.56. The Kier molecular flexibility index (Phi) is 3.20. The molecule has 0 radical (unpaired) electrons. The number of benzene rings is 1. The summed E-state index contributed by atoms with van der Waals surface area (Å²) < 4.78 is 5.38. The number of thioether (sulfide) groups is 1. The first-order chi connectivity index (χ1) is 8.05. The minimum absolute atomic E-state index is 0.140. The second-order valence-corrected chi connectivity index (χ2v) is 5.92. The first-order valence-corrected chi connectivity index (χ1v) is 6.92. The highest BCUT2D eigenvalue weighted by atomic mass is 32.2. The van der Waals surface area contributed by atoms with Gasteiger partial charge in [0.2, 0.25) is 0 Å². The van der Waals surface area contributed by atoms with Crippen molar-refractivity contribution in [3.63, 3.8) is 0 Å². The van der Waals surface area contributed by atoms with Crippen LogP contribution in [-0.2, 0) is 10.2 Å². The lowest BCUT2D eigenvalue weighted by Crippen LogP contribution is -2.56. The van der Waals surface area contributed by atoms with E-state index in [0.717, 1.165) is 0 Å². The molecule has 0 aromatic heterocycles. The number of nitriles is 1. The molecule has 2 rings (SSSR count). The molecule has 0 amide bonds. The first kappa shape index (κ1) is 12.5. The molecule has 1 fully saturated rings. The van der Waals surface area contributed by atoms with Crippen molar-refractivity contribution in [2.24, 2.45) is 5.41 Å². The maximum atomic E-state index is 9.35. The zero-order valence-corrected chi connectivity index (χ0v) is 11.3. The first-order valence-electron chi connectivity index (χ1n) is 5.69. The van der Waals surface area contributed by atoms with Gasteiger partial charge in [-0.15, -0.1) is 11.8 Å². The van der Waals surface area contributed by atoms with E-state index < -0.39 is 5.41 Å². The SMILES string of the molecule is CSc1ccc(C2(C(C)(C)C#N)COC2)cc1. The van der Waals surface area contributed by atoms with Gasteiger partial charge in [0.05, 0.1) is 30.1 Å². The smallest absolute Gasteiger partial charge is 0.0695 e. The zero-order valence-electron chi connectivity index (χ0n) is 10.5. The molecular formula is C14H17NOS. The molecule has 1 aliphatic heterocycles. The van der Waals surface area contributed by atoms with Crippen molar-refractivity contribution < 1.29 is 4.74 Å². The van der Waals surface area contributed by atoms with Crippen LogP contribution >= 0.6 is 11.8 Å². The average molecular weight is 247 g/mol. The Morgan fingerprint density at radius 3 is 2.24 bits per heavy atom. The molecule has 3 heteroatoms. The van der Waals surface area contributed by atoms with E-state index in [1.165, 1.54) is 10.5 Å². The Morgan fingerprint density at radius 2 is 1.88 bits per heavy atom. The van der Waals surface area contributed by atoms with Crippen molar-refractivity contribution in [2.75, 3.05) is 19.5 Å². The van der Waals surface area contributed by atoms with Gasteiger partial charge in [0.1, 0.15) is 0 Å². The van der Waals surface area contributed by atoms with Crippen molar-refractivity contribution in [2.45, 2.75) is 24.2 Å². The van der Waals surface area contributed by atoms with E-state index in [1.807, 2.05) is 13.8 Å². The normalized spacial score (nSPS) is 18.2. The van der Waals surface area contributed by atoms with Gasteiger partial charge in [-0.1, -0.05) is 12.1 Å². The summed E-state index contributed by atoms with van der Waals surface area (Å²) in [6.45, 7) is 5.29. The minimum atomic E-state index is -0.397. The summed E-state index contributed by atoms with van der Waals surface area (Å²) in [5.41, 5.74) is 0.679. The Labute approximate surface area is 107 Å². The molecule has 1 aliphatic rings. The van der Waals surface area contributed by atoms with E-state index in [4.69, 9.17) is 4.74 Å². The van der Waals surface area contributed by atoms with E-state index in [0.29, 0.717) is 13.2 Å². The maximum Gasteiger partial charge on any atom is 0.0695 e. The van der Waals surface area contributed by atoms with Gasteiger partial charge in [-0.25, -0.2) is 0 Å². The lowest BCUT2D eigenvalue weighted by Gasteiger charge is -2.49. The van der Waals surface area contributed by atoms with Crippen LogP contribution in [0.5, 0.6) is 0 Å². The molecule has 1 saturated heterocycles. The zero-order chi connectivity index (χ0) is 12.5. The molecule has 0 saturated carbocycles. The van der Waals surface area contributed by atoms with Crippen LogP contribution in [0.1, 0.15) is 19.4 Å². The number of hydrogen-bond donors (Lipinski definition) is 0. The number of ether oxygens (including phenoxy) is 1. The number of rotatable bonds is 3. The van der Waals surface area contributed by atoms with Crippen LogP contribution in [0.3, 0.4) is 0 Å². The number of hydrogen-bond acceptors (Lipinski definition) is 3. The lowest BCUT2D eigenvalue weighted by atomic mass is 9.61. The van der Waals surface area contributed by atoms with Gasteiger partial charge in [0.25, 0.3) is 0 Å². The number of nitrogens with zero attached hydrogens (tertiary/aromatic N) is 1. The summed E-state index contributed by atoms with van der Waals surface area (Å²) in [7, 11) is 0. The summed E-state index contributed by atoms with van der Waals surface area (Å²) in [4.78, 5) is 1.25. The molecule has 17 heavy (non-hydrogen) atoms. The summed E-state index contributed by atoms with van der Waals surface area (Å²) in [5.74, 6) is 0. The molecule has 2 nitrogen and oxygen atoms in total. The van der Waals surface area contributed by atoms with Gasteiger partial charge in [-0.05, 0) is 37.8 Å². The molecule has 1 aromatic carbocycles.